The summed E-state index contributed by atoms with van der Waals surface area (Å²) in [6.07, 6.45) is 3.47. The molecule has 2 N–H and O–H groups in total. The maximum absolute atomic E-state index is 9.79. The van der Waals surface area contributed by atoms with Crippen molar-refractivity contribution >= 4 is 0 Å². The topological polar surface area (TPSA) is 50.1 Å². The second-order valence-corrected chi connectivity index (χ2v) is 5.03. The van der Waals surface area contributed by atoms with E-state index in [0.29, 0.717) is 6.54 Å². The van der Waals surface area contributed by atoms with Crippen LogP contribution in [-0.4, -0.2) is 27.5 Å². The summed E-state index contributed by atoms with van der Waals surface area (Å²) in [5.41, 5.74) is 1.07. The Kier molecular flexibility index (Phi) is 3.88. The van der Waals surface area contributed by atoms with Crippen molar-refractivity contribution < 1.29 is 5.11 Å². The minimum atomic E-state index is -0.325. The first-order chi connectivity index (χ1) is 6.89. The van der Waals surface area contributed by atoms with E-state index >= 15 is 0 Å². The molecule has 1 aromatic heterocycles. The van der Waals surface area contributed by atoms with Crippen LogP contribution in [0.4, 0.5) is 0 Å². The van der Waals surface area contributed by atoms with Gasteiger partial charge in [-0.1, -0.05) is 20.8 Å². The Hall–Kier alpha value is -0.870. The molecule has 0 aliphatic heterocycles. The molecular weight excluding hydrogens is 190 g/mol. The van der Waals surface area contributed by atoms with Gasteiger partial charge in [-0.2, -0.15) is 5.10 Å². The Morgan fingerprint density at radius 3 is 2.67 bits per heavy atom. The zero-order valence-electron chi connectivity index (χ0n) is 9.99. The number of nitrogens with zero attached hydrogens (tertiary/aromatic N) is 2. The molecule has 0 spiro atoms. The first kappa shape index (κ1) is 12.2. The van der Waals surface area contributed by atoms with Gasteiger partial charge >= 0.3 is 0 Å². The van der Waals surface area contributed by atoms with Gasteiger partial charge in [-0.25, -0.2) is 0 Å². The molecule has 0 radical (unpaired) electrons. The molecule has 4 heteroatoms. The van der Waals surface area contributed by atoms with Crippen LogP contribution >= 0.6 is 0 Å². The van der Waals surface area contributed by atoms with Crippen molar-refractivity contribution in [3.8, 4) is 0 Å². The Morgan fingerprint density at radius 1 is 1.53 bits per heavy atom. The molecule has 0 aromatic carbocycles. The zero-order valence-corrected chi connectivity index (χ0v) is 9.99. The molecule has 0 bridgehead atoms. The molecule has 86 valence electrons. The molecule has 0 saturated carbocycles. The van der Waals surface area contributed by atoms with Gasteiger partial charge in [0.2, 0.25) is 0 Å². The fourth-order valence-corrected chi connectivity index (χ4v) is 1.22. The average Bonchev–Trinajstić information content (AvgIpc) is 2.49. The Morgan fingerprint density at radius 2 is 2.20 bits per heavy atom. The first-order valence-corrected chi connectivity index (χ1v) is 5.26. The Labute approximate surface area is 91.3 Å². The number of nitrogens with one attached hydrogen (secondary N) is 1. The number of hydrogen-bond donors (Lipinski definition) is 2. The van der Waals surface area contributed by atoms with E-state index in [1.54, 1.807) is 4.68 Å². The van der Waals surface area contributed by atoms with Gasteiger partial charge in [0.05, 0.1) is 12.3 Å². The van der Waals surface area contributed by atoms with Gasteiger partial charge in [-0.15, -0.1) is 0 Å². The molecule has 15 heavy (non-hydrogen) atoms. The third-order valence-electron chi connectivity index (χ3n) is 2.42. The first-order valence-electron chi connectivity index (χ1n) is 5.26. The summed E-state index contributed by atoms with van der Waals surface area (Å²) in [5.74, 6) is 0. The minimum absolute atomic E-state index is 0.0675. The van der Waals surface area contributed by atoms with Crippen LogP contribution in [0.15, 0.2) is 12.4 Å². The fraction of sp³-hybridized carbons (Fsp3) is 0.727. The molecule has 0 fully saturated rings. The fourth-order valence-electron chi connectivity index (χ4n) is 1.22. The second-order valence-electron chi connectivity index (χ2n) is 5.03. The van der Waals surface area contributed by atoms with E-state index in [2.05, 4.69) is 10.4 Å². The number of rotatable bonds is 4. The molecular formula is C11H21N3O. The number of aromatic nitrogens is 2. The molecule has 0 amide bonds. The van der Waals surface area contributed by atoms with Gasteiger partial charge in [0.1, 0.15) is 0 Å². The van der Waals surface area contributed by atoms with Gasteiger partial charge < -0.3 is 10.4 Å². The van der Waals surface area contributed by atoms with E-state index in [1.807, 2.05) is 40.2 Å². The number of aliphatic hydroxyl groups is 1. The zero-order chi connectivity index (χ0) is 11.5. The van der Waals surface area contributed by atoms with Crippen LogP contribution in [0.25, 0.3) is 0 Å². The van der Waals surface area contributed by atoms with Crippen LogP contribution in [-0.2, 0) is 13.6 Å². The van der Waals surface area contributed by atoms with Gasteiger partial charge in [0.25, 0.3) is 0 Å². The molecule has 0 aliphatic carbocycles. The van der Waals surface area contributed by atoms with E-state index in [-0.39, 0.29) is 11.5 Å². The van der Waals surface area contributed by atoms with Crippen LogP contribution in [0.2, 0.25) is 0 Å². The Bertz CT molecular complexity index is 301. The monoisotopic (exact) mass is 211 g/mol. The molecule has 1 heterocycles. The molecule has 1 rings (SSSR count). The second kappa shape index (κ2) is 4.77. The van der Waals surface area contributed by atoms with Crippen molar-refractivity contribution in [2.24, 2.45) is 12.5 Å². The maximum Gasteiger partial charge on any atom is 0.0712 e. The van der Waals surface area contributed by atoms with Crippen molar-refractivity contribution in [2.45, 2.75) is 33.4 Å². The van der Waals surface area contributed by atoms with Crippen molar-refractivity contribution in [3.63, 3.8) is 0 Å². The molecule has 1 unspecified atom stereocenters. The van der Waals surface area contributed by atoms with Gasteiger partial charge in [0.15, 0.2) is 0 Å². The number of hydrogen-bond acceptors (Lipinski definition) is 3. The van der Waals surface area contributed by atoms with Gasteiger partial charge in [0, 0.05) is 31.9 Å². The Balaban J connectivity index is 2.28. The highest BCUT2D eigenvalue weighted by Gasteiger charge is 2.21. The lowest BCUT2D eigenvalue weighted by molar-refractivity contribution is 0.0627. The van der Waals surface area contributed by atoms with E-state index in [1.165, 1.54) is 0 Å². The summed E-state index contributed by atoms with van der Waals surface area (Å²) in [7, 11) is 1.90. The van der Waals surface area contributed by atoms with Gasteiger partial charge in [-0.05, 0) is 5.41 Å². The third kappa shape index (κ3) is 4.01. The summed E-state index contributed by atoms with van der Waals surface area (Å²) in [6, 6.07) is 0. The molecule has 1 aromatic rings. The summed E-state index contributed by atoms with van der Waals surface area (Å²) < 4.78 is 1.78. The molecule has 1 atom stereocenters. The lowest BCUT2D eigenvalue weighted by atomic mass is 9.89. The van der Waals surface area contributed by atoms with Gasteiger partial charge in [-0.3, -0.25) is 4.68 Å². The SMILES string of the molecule is Cn1cc(CNCC(O)C(C)(C)C)cn1. The van der Waals surface area contributed by atoms with E-state index in [9.17, 15) is 5.11 Å². The van der Waals surface area contributed by atoms with Crippen molar-refractivity contribution in [3.05, 3.63) is 18.0 Å². The smallest absolute Gasteiger partial charge is 0.0712 e. The van der Waals surface area contributed by atoms with Crippen LogP contribution < -0.4 is 5.32 Å². The van der Waals surface area contributed by atoms with Crippen LogP contribution in [0.5, 0.6) is 0 Å². The van der Waals surface area contributed by atoms with E-state index < -0.39 is 0 Å². The summed E-state index contributed by atoms with van der Waals surface area (Å²) in [5, 5.41) is 17.1. The van der Waals surface area contributed by atoms with Crippen molar-refractivity contribution in [2.75, 3.05) is 6.54 Å². The van der Waals surface area contributed by atoms with Crippen molar-refractivity contribution in [1.29, 1.82) is 0 Å². The molecule has 4 nitrogen and oxygen atoms in total. The summed E-state index contributed by atoms with van der Waals surface area (Å²) in [6.45, 7) is 7.45. The van der Waals surface area contributed by atoms with E-state index in [4.69, 9.17) is 0 Å². The summed E-state index contributed by atoms with van der Waals surface area (Å²) >= 11 is 0. The highest BCUT2D eigenvalue weighted by molar-refractivity contribution is 5.02. The highest BCUT2D eigenvalue weighted by Crippen LogP contribution is 2.18. The normalized spacial score (nSPS) is 14.2. The molecule has 0 saturated heterocycles. The molecule has 0 aliphatic rings. The van der Waals surface area contributed by atoms with Crippen LogP contribution in [0.3, 0.4) is 0 Å². The largest absolute Gasteiger partial charge is 0.391 e. The standard InChI is InChI=1S/C11H21N3O/c1-11(2,3)10(15)7-12-5-9-6-13-14(4)8-9/h6,8,10,12,15H,5,7H2,1-4H3. The average molecular weight is 211 g/mol. The third-order valence-corrected chi connectivity index (χ3v) is 2.42. The number of aliphatic hydroxyl groups excluding tert-OH is 1. The lowest BCUT2D eigenvalue weighted by Gasteiger charge is -2.25. The van der Waals surface area contributed by atoms with Crippen LogP contribution in [0.1, 0.15) is 26.3 Å². The predicted molar refractivity (Wildman–Crippen MR) is 60.4 cm³/mol. The maximum atomic E-state index is 9.79. The highest BCUT2D eigenvalue weighted by atomic mass is 16.3. The lowest BCUT2D eigenvalue weighted by Crippen LogP contribution is -2.36. The van der Waals surface area contributed by atoms with Crippen LogP contribution in [0, 0.1) is 5.41 Å². The quantitative estimate of drug-likeness (QED) is 0.778. The van der Waals surface area contributed by atoms with E-state index in [0.717, 1.165) is 12.1 Å². The van der Waals surface area contributed by atoms with Crippen molar-refractivity contribution in [1.82, 2.24) is 15.1 Å². The number of aryl methyl sites for hydroxylation is 1. The summed E-state index contributed by atoms with van der Waals surface area (Å²) in [4.78, 5) is 0. The predicted octanol–water partition coefficient (Wildman–Crippen LogP) is 0.917. The minimum Gasteiger partial charge on any atom is -0.391 e.